The first kappa shape index (κ1) is 20.2. The van der Waals surface area contributed by atoms with Crippen LogP contribution in [0.5, 0.6) is 0 Å². The second-order valence-electron chi connectivity index (χ2n) is 6.16. The third-order valence-corrected chi connectivity index (χ3v) is 4.18. The van der Waals surface area contributed by atoms with Crippen molar-refractivity contribution in [3.8, 4) is 0 Å². The molecule has 0 fully saturated rings. The lowest BCUT2D eigenvalue weighted by Gasteiger charge is -2.20. The number of amides is 2. The van der Waals surface area contributed by atoms with E-state index >= 15 is 0 Å². The molecule has 0 aliphatic carbocycles. The highest BCUT2D eigenvalue weighted by atomic mass is 35.5. The van der Waals surface area contributed by atoms with Gasteiger partial charge in [0.25, 0.3) is 5.91 Å². The average Bonchev–Trinajstić information content (AvgIpc) is 3.23. The largest absolute Gasteiger partial charge is 0.459 e. The minimum Gasteiger partial charge on any atom is -0.459 e. The number of carbonyl (C=O) groups is 3. The number of anilines is 2. The molecule has 0 bridgehead atoms. The molecular weight excluding hydrogens is 394 g/mol. The van der Waals surface area contributed by atoms with Gasteiger partial charge in [-0.15, -0.1) is 0 Å². The van der Waals surface area contributed by atoms with Crippen molar-refractivity contribution in [3.05, 3.63) is 83.3 Å². The van der Waals surface area contributed by atoms with Crippen LogP contribution in [-0.4, -0.2) is 23.8 Å². The van der Waals surface area contributed by atoms with Crippen molar-refractivity contribution >= 4 is 40.6 Å². The predicted octanol–water partition coefficient (Wildman–Crippen LogP) is 3.94. The maximum atomic E-state index is 13.0. The number of Topliss-reactive ketones (excluding diaryl/α,β-unsaturated/α-hetero) is 1. The quantitative estimate of drug-likeness (QED) is 0.404. The standard InChI is InChI=1S/C21H18ClN3O4/c1-13(26)23-16-8-10-17(11-9-16)24-20(25-21(28)18-3-2-12-29-18)19(27)14-4-6-15(22)7-5-14/h2-12,20,24H,1H3,(H,23,26)(H,25,28). The van der Waals surface area contributed by atoms with Crippen molar-refractivity contribution in [2.24, 2.45) is 0 Å². The number of halogens is 1. The minimum absolute atomic E-state index is 0.0849. The fourth-order valence-corrected chi connectivity index (χ4v) is 2.70. The molecule has 2 aromatic carbocycles. The van der Waals surface area contributed by atoms with Crippen molar-refractivity contribution in [3.63, 3.8) is 0 Å². The number of benzene rings is 2. The molecule has 3 aromatic rings. The number of rotatable bonds is 7. The number of ketones is 1. The van der Waals surface area contributed by atoms with Crippen LogP contribution in [0.15, 0.2) is 71.3 Å². The summed E-state index contributed by atoms with van der Waals surface area (Å²) in [5.74, 6) is -0.994. The highest BCUT2D eigenvalue weighted by Crippen LogP contribution is 2.17. The van der Waals surface area contributed by atoms with E-state index in [0.717, 1.165) is 0 Å². The van der Waals surface area contributed by atoms with Gasteiger partial charge < -0.3 is 20.4 Å². The second kappa shape index (κ2) is 9.07. The van der Waals surface area contributed by atoms with E-state index in [-0.39, 0.29) is 17.5 Å². The highest BCUT2D eigenvalue weighted by Gasteiger charge is 2.24. The van der Waals surface area contributed by atoms with Gasteiger partial charge in [0.1, 0.15) is 0 Å². The van der Waals surface area contributed by atoms with E-state index in [4.69, 9.17) is 16.0 Å². The summed E-state index contributed by atoms with van der Waals surface area (Å²) >= 11 is 5.89. The molecule has 1 aromatic heterocycles. The van der Waals surface area contributed by atoms with E-state index in [2.05, 4.69) is 16.0 Å². The van der Waals surface area contributed by atoms with Crippen LogP contribution < -0.4 is 16.0 Å². The van der Waals surface area contributed by atoms with Gasteiger partial charge in [0.15, 0.2) is 11.9 Å². The molecule has 1 unspecified atom stereocenters. The molecule has 7 nitrogen and oxygen atoms in total. The van der Waals surface area contributed by atoms with Crippen molar-refractivity contribution in [2.45, 2.75) is 13.1 Å². The van der Waals surface area contributed by atoms with Crippen LogP contribution in [0.25, 0.3) is 0 Å². The lowest BCUT2D eigenvalue weighted by atomic mass is 10.1. The molecule has 0 saturated carbocycles. The van der Waals surface area contributed by atoms with E-state index in [9.17, 15) is 14.4 Å². The predicted molar refractivity (Wildman–Crippen MR) is 110 cm³/mol. The van der Waals surface area contributed by atoms with Gasteiger partial charge in [-0.1, -0.05) is 11.6 Å². The third kappa shape index (κ3) is 5.46. The van der Waals surface area contributed by atoms with Gasteiger partial charge >= 0.3 is 0 Å². The topological polar surface area (TPSA) is 100 Å². The van der Waals surface area contributed by atoms with Crippen LogP contribution in [0.4, 0.5) is 11.4 Å². The van der Waals surface area contributed by atoms with E-state index in [0.29, 0.717) is 22.0 Å². The first-order valence-corrected chi connectivity index (χ1v) is 9.08. The van der Waals surface area contributed by atoms with Gasteiger partial charge in [-0.05, 0) is 60.7 Å². The first-order chi connectivity index (χ1) is 13.9. The zero-order chi connectivity index (χ0) is 20.8. The maximum absolute atomic E-state index is 13.0. The van der Waals surface area contributed by atoms with Gasteiger partial charge in [-0.2, -0.15) is 0 Å². The minimum atomic E-state index is -1.06. The highest BCUT2D eigenvalue weighted by molar-refractivity contribution is 6.30. The van der Waals surface area contributed by atoms with E-state index in [1.54, 1.807) is 54.6 Å². The Kier molecular flexibility index (Phi) is 6.31. The molecule has 0 aliphatic heterocycles. The van der Waals surface area contributed by atoms with E-state index in [1.165, 1.54) is 19.3 Å². The smallest absolute Gasteiger partial charge is 0.288 e. The van der Waals surface area contributed by atoms with Gasteiger partial charge in [0.2, 0.25) is 11.7 Å². The number of carbonyl (C=O) groups excluding carboxylic acids is 3. The van der Waals surface area contributed by atoms with Gasteiger partial charge in [-0.3, -0.25) is 14.4 Å². The fourth-order valence-electron chi connectivity index (χ4n) is 2.58. The molecule has 1 atom stereocenters. The Labute approximate surface area is 172 Å². The molecule has 1 heterocycles. The van der Waals surface area contributed by atoms with Crippen LogP contribution in [0, 0.1) is 0 Å². The fraction of sp³-hybridized carbons (Fsp3) is 0.0952. The monoisotopic (exact) mass is 411 g/mol. The van der Waals surface area contributed by atoms with Crippen molar-refractivity contribution in [2.75, 3.05) is 10.6 Å². The lowest BCUT2D eigenvalue weighted by molar-refractivity contribution is -0.114. The number of hydrogen-bond donors (Lipinski definition) is 3. The van der Waals surface area contributed by atoms with Gasteiger partial charge in [0, 0.05) is 28.9 Å². The van der Waals surface area contributed by atoms with Gasteiger partial charge in [0.05, 0.1) is 6.26 Å². The van der Waals surface area contributed by atoms with E-state index < -0.39 is 12.1 Å². The van der Waals surface area contributed by atoms with Crippen LogP contribution in [0.3, 0.4) is 0 Å². The number of hydrogen-bond acceptors (Lipinski definition) is 5. The average molecular weight is 412 g/mol. The van der Waals surface area contributed by atoms with Crippen LogP contribution in [0.2, 0.25) is 5.02 Å². The molecule has 0 saturated heterocycles. The zero-order valence-corrected chi connectivity index (χ0v) is 16.2. The molecule has 0 spiro atoms. The number of nitrogens with one attached hydrogen (secondary N) is 3. The normalized spacial score (nSPS) is 11.4. The summed E-state index contributed by atoms with van der Waals surface area (Å²) < 4.78 is 5.09. The van der Waals surface area contributed by atoms with Crippen LogP contribution in [0.1, 0.15) is 27.8 Å². The third-order valence-electron chi connectivity index (χ3n) is 3.93. The van der Waals surface area contributed by atoms with Crippen LogP contribution >= 0.6 is 11.6 Å². The first-order valence-electron chi connectivity index (χ1n) is 8.71. The summed E-state index contributed by atoms with van der Waals surface area (Å²) in [7, 11) is 0. The Balaban J connectivity index is 1.81. The van der Waals surface area contributed by atoms with Crippen LogP contribution in [-0.2, 0) is 4.79 Å². The molecule has 8 heteroatoms. The summed E-state index contributed by atoms with van der Waals surface area (Å²) in [4.78, 5) is 36.5. The molecule has 0 aliphatic rings. The van der Waals surface area contributed by atoms with E-state index in [1.807, 2.05) is 0 Å². The maximum Gasteiger partial charge on any atom is 0.288 e. The van der Waals surface area contributed by atoms with Crippen molar-refractivity contribution < 1.29 is 18.8 Å². The zero-order valence-electron chi connectivity index (χ0n) is 15.4. The Morgan fingerprint density at radius 1 is 0.931 bits per heavy atom. The summed E-state index contributed by atoms with van der Waals surface area (Å²) in [6.45, 7) is 1.41. The molecule has 3 N–H and O–H groups in total. The molecule has 2 amide bonds. The molecule has 29 heavy (non-hydrogen) atoms. The second-order valence-corrected chi connectivity index (χ2v) is 6.59. The Hall–Kier alpha value is -3.58. The number of furan rings is 1. The lowest BCUT2D eigenvalue weighted by Crippen LogP contribution is -2.46. The van der Waals surface area contributed by atoms with Crippen molar-refractivity contribution in [1.29, 1.82) is 0 Å². The Morgan fingerprint density at radius 2 is 1.59 bits per heavy atom. The SMILES string of the molecule is CC(=O)Nc1ccc(NC(NC(=O)c2ccco2)C(=O)c2ccc(Cl)cc2)cc1. The Bertz CT molecular complexity index is 999. The summed E-state index contributed by atoms with van der Waals surface area (Å²) in [5.41, 5.74) is 1.57. The summed E-state index contributed by atoms with van der Waals surface area (Å²) in [5, 5.41) is 8.79. The molecule has 3 rings (SSSR count). The summed E-state index contributed by atoms with van der Waals surface area (Å²) in [6.07, 6.45) is 0.319. The molecule has 148 valence electrons. The molecule has 0 radical (unpaired) electrons. The Morgan fingerprint density at radius 3 is 2.17 bits per heavy atom. The van der Waals surface area contributed by atoms with Crippen molar-refractivity contribution in [1.82, 2.24) is 5.32 Å². The summed E-state index contributed by atoms with van der Waals surface area (Å²) in [6, 6.07) is 16.2. The van der Waals surface area contributed by atoms with Gasteiger partial charge in [-0.25, -0.2) is 0 Å². The molecular formula is C21H18ClN3O4.